The van der Waals surface area contributed by atoms with E-state index >= 15 is 0 Å². The molecule has 92 valence electrons. The molecule has 0 saturated heterocycles. The first-order valence-corrected chi connectivity index (χ1v) is 7.59. The second-order valence-electron chi connectivity index (χ2n) is 4.88. The third kappa shape index (κ3) is 3.22. The van der Waals surface area contributed by atoms with Crippen LogP contribution in [0, 0.1) is 0 Å². The van der Waals surface area contributed by atoms with E-state index in [4.69, 9.17) is 0 Å². The number of benzene rings is 1. The van der Waals surface area contributed by atoms with Gasteiger partial charge in [-0.1, -0.05) is 72.8 Å². The van der Waals surface area contributed by atoms with Crippen molar-refractivity contribution in [3.63, 3.8) is 0 Å². The summed E-state index contributed by atoms with van der Waals surface area (Å²) in [5, 5.41) is 0. The van der Waals surface area contributed by atoms with Crippen molar-refractivity contribution in [3.05, 3.63) is 39.4 Å². The Bertz CT molecular complexity index is 404. The van der Waals surface area contributed by atoms with E-state index < -0.39 is 0 Å². The minimum Gasteiger partial charge on any atom is -0.0795 e. The molecular formula is C16H21Br. The van der Waals surface area contributed by atoms with E-state index in [9.17, 15) is 0 Å². The SMILES string of the molecule is CCCCCCCc1ccc2c(c1Br)CC=C2. The fraction of sp³-hybridized carbons (Fsp3) is 0.500. The standard InChI is InChI=1S/C16H21Br/c1-2-3-4-5-6-8-14-12-11-13-9-7-10-15(13)16(14)17/h7,9,11-12H,2-6,8,10H2,1H3. The Morgan fingerprint density at radius 3 is 2.76 bits per heavy atom. The molecular weight excluding hydrogens is 272 g/mol. The molecule has 0 N–H and O–H groups in total. The van der Waals surface area contributed by atoms with Crippen molar-refractivity contribution in [1.82, 2.24) is 0 Å². The van der Waals surface area contributed by atoms with Crippen LogP contribution in [0.3, 0.4) is 0 Å². The van der Waals surface area contributed by atoms with Gasteiger partial charge >= 0.3 is 0 Å². The highest BCUT2D eigenvalue weighted by Crippen LogP contribution is 2.31. The van der Waals surface area contributed by atoms with Crippen molar-refractivity contribution in [2.24, 2.45) is 0 Å². The fourth-order valence-corrected chi connectivity index (χ4v) is 3.19. The lowest BCUT2D eigenvalue weighted by molar-refractivity contribution is 0.631. The van der Waals surface area contributed by atoms with Crippen LogP contribution < -0.4 is 0 Å². The number of hydrogen-bond donors (Lipinski definition) is 0. The molecule has 0 saturated carbocycles. The first-order chi connectivity index (χ1) is 8.33. The summed E-state index contributed by atoms with van der Waals surface area (Å²) >= 11 is 3.78. The maximum Gasteiger partial charge on any atom is 0.0248 e. The van der Waals surface area contributed by atoms with Crippen molar-refractivity contribution < 1.29 is 0 Å². The van der Waals surface area contributed by atoms with E-state index in [0.717, 1.165) is 6.42 Å². The van der Waals surface area contributed by atoms with Crippen LogP contribution in [-0.4, -0.2) is 0 Å². The summed E-state index contributed by atoms with van der Waals surface area (Å²) in [6.07, 6.45) is 13.6. The molecule has 0 aliphatic heterocycles. The number of hydrogen-bond acceptors (Lipinski definition) is 0. The van der Waals surface area contributed by atoms with Crippen LogP contribution in [0.2, 0.25) is 0 Å². The van der Waals surface area contributed by atoms with Gasteiger partial charge in [-0.05, 0) is 36.0 Å². The topological polar surface area (TPSA) is 0 Å². The number of unbranched alkanes of at least 4 members (excludes halogenated alkanes) is 4. The molecule has 0 atom stereocenters. The molecule has 1 aliphatic rings. The predicted molar refractivity (Wildman–Crippen MR) is 79.3 cm³/mol. The zero-order valence-corrected chi connectivity index (χ0v) is 12.2. The van der Waals surface area contributed by atoms with Crippen LogP contribution in [0.4, 0.5) is 0 Å². The van der Waals surface area contributed by atoms with Crippen LogP contribution in [0.25, 0.3) is 6.08 Å². The van der Waals surface area contributed by atoms with Gasteiger partial charge < -0.3 is 0 Å². The zero-order chi connectivity index (χ0) is 12.1. The molecule has 17 heavy (non-hydrogen) atoms. The highest BCUT2D eigenvalue weighted by atomic mass is 79.9. The average molecular weight is 293 g/mol. The molecule has 2 rings (SSSR count). The summed E-state index contributed by atoms with van der Waals surface area (Å²) in [6, 6.07) is 4.56. The van der Waals surface area contributed by atoms with Gasteiger partial charge in [0.15, 0.2) is 0 Å². The van der Waals surface area contributed by atoms with Crippen LogP contribution in [-0.2, 0) is 12.8 Å². The third-order valence-corrected chi connectivity index (χ3v) is 4.52. The number of aryl methyl sites for hydroxylation is 1. The van der Waals surface area contributed by atoms with E-state index in [1.54, 1.807) is 0 Å². The molecule has 0 bridgehead atoms. The van der Waals surface area contributed by atoms with Gasteiger partial charge in [0.1, 0.15) is 0 Å². The van der Waals surface area contributed by atoms with Gasteiger partial charge in [0.05, 0.1) is 0 Å². The Labute approximate surface area is 113 Å². The van der Waals surface area contributed by atoms with Gasteiger partial charge in [-0.25, -0.2) is 0 Å². The smallest absolute Gasteiger partial charge is 0.0248 e. The van der Waals surface area contributed by atoms with E-state index in [1.807, 2.05) is 0 Å². The molecule has 0 unspecified atom stereocenters. The van der Waals surface area contributed by atoms with Crippen LogP contribution in [0.5, 0.6) is 0 Å². The number of fused-ring (bicyclic) bond motifs is 1. The summed E-state index contributed by atoms with van der Waals surface area (Å²) in [5.74, 6) is 0. The Hall–Kier alpha value is -0.560. The molecule has 0 radical (unpaired) electrons. The molecule has 1 heteroatoms. The third-order valence-electron chi connectivity index (χ3n) is 3.53. The van der Waals surface area contributed by atoms with Crippen molar-refractivity contribution in [1.29, 1.82) is 0 Å². The number of allylic oxidation sites excluding steroid dienone is 1. The van der Waals surface area contributed by atoms with Crippen molar-refractivity contribution in [2.75, 3.05) is 0 Å². The molecule has 0 heterocycles. The highest BCUT2D eigenvalue weighted by molar-refractivity contribution is 9.10. The predicted octanol–water partition coefficient (Wildman–Crippen LogP) is 5.53. The summed E-state index contributed by atoms with van der Waals surface area (Å²) < 4.78 is 1.36. The van der Waals surface area contributed by atoms with E-state index in [-0.39, 0.29) is 0 Å². The Kier molecular flexibility index (Phi) is 4.85. The average Bonchev–Trinajstić information content (AvgIpc) is 2.80. The maximum absolute atomic E-state index is 3.78. The summed E-state index contributed by atoms with van der Waals surface area (Å²) in [4.78, 5) is 0. The lowest BCUT2D eigenvalue weighted by Crippen LogP contribution is -1.93. The Morgan fingerprint density at radius 2 is 1.94 bits per heavy atom. The van der Waals surface area contributed by atoms with Crippen molar-refractivity contribution in [3.8, 4) is 0 Å². The summed E-state index contributed by atoms with van der Waals surface area (Å²) in [6.45, 7) is 2.27. The molecule has 0 spiro atoms. The van der Waals surface area contributed by atoms with E-state index in [1.165, 1.54) is 59.7 Å². The molecule has 0 aromatic heterocycles. The molecule has 1 aliphatic carbocycles. The van der Waals surface area contributed by atoms with E-state index in [0.29, 0.717) is 0 Å². The van der Waals surface area contributed by atoms with E-state index in [2.05, 4.69) is 47.1 Å². The van der Waals surface area contributed by atoms with Gasteiger partial charge in [-0.3, -0.25) is 0 Å². The van der Waals surface area contributed by atoms with Crippen LogP contribution in [0.1, 0.15) is 55.7 Å². The Balaban J connectivity index is 1.90. The van der Waals surface area contributed by atoms with Crippen LogP contribution >= 0.6 is 15.9 Å². The monoisotopic (exact) mass is 292 g/mol. The molecule has 0 fully saturated rings. The number of rotatable bonds is 6. The second kappa shape index (κ2) is 6.39. The Morgan fingerprint density at radius 1 is 1.12 bits per heavy atom. The first kappa shape index (κ1) is 12.9. The van der Waals surface area contributed by atoms with Gasteiger partial charge in [-0.15, -0.1) is 0 Å². The lowest BCUT2D eigenvalue weighted by atomic mass is 10.0. The second-order valence-corrected chi connectivity index (χ2v) is 5.67. The van der Waals surface area contributed by atoms with Gasteiger partial charge in [-0.2, -0.15) is 0 Å². The normalized spacial score (nSPS) is 13.1. The summed E-state index contributed by atoms with van der Waals surface area (Å²) in [7, 11) is 0. The minimum absolute atomic E-state index is 1.10. The number of halogens is 1. The quantitative estimate of drug-likeness (QED) is 0.605. The van der Waals surface area contributed by atoms with Crippen molar-refractivity contribution >= 4 is 22.0 Å². The van der Waals surface area contributed by atoms with Gasteiger partial charge in [0, 0.05) is 4.47 Å². The van der Waals surface area contributed by atoms with Crippen molar-refractivity contribution in [2.45, 2.75) is 51.9 Å². The largest absolute Gasteiger partial charge is 0.0795 e. The zero-order valence-electron chi connectivity index (χ0n) is 10.6. The fourth-order valence-electron chi connectivity index (χ4n) is 2.46. The van der Waals surface area contributed by atoms with Crippen LogP contribution in [0.15, 0.2) is 22.7 Å². The highest BCUT2D eigenvalue weighted by Gasteiger charge is 2.11. The molecule has 0 amide bonds. The summed E-state index contributed by atoms with van der Waals surface area (Å²) in [5.41, 5.74) is 4.37. The maximum atomic E-state index is 3.78. The first-order valence-electron chi connectivity index (χ1n) is 6.79. The lowest BCUT2D eigenvalue weighted by Gasteiger charge is -2.09. The van der Waals surface area contributed by atoms with Gasteiger partial charge in [0.2, 0.25) is 0 Å². The molecule has 1 aromatic rings. The van der Waals surface area contributed by atoms with Gasteiger partial charge in [0.25, 0.3) is 0 Å². The minimum atomic E-state index is 1.10. The molecule has 0 nitrogen and oxygen atoms in total. The molecule has 1 aromatic carbocycles.